The number of hydrogen-bond acceptors (Lipinski definition) is 4. The molecular formula is C14H17N3O. The van der Waals surface area contributed by atoms with Crippen molar-refractivity contribution in [1.82, 2.24) is 0 Å². The van der Waals surface area contributed by atoms with E-state index in [9.17, 15) is 5.11 Å². The molecule has 2 heterocycles. The predicted molar refractivity (Wildman–Crippen MR) is 70.1 cm³/mol. The first-order valence-electron chi connectivity index (χ1n) is 6.45. The number of hydrogen-bond donors (Lipinski definition) is 2. The second-order valence-electron chi connectivity index (χ2n) is 5.27. The summed E-state index contributed by atoms with van der Waals surface area (Å²) in [6.45, 7) is 0. The summed E-state index contributed by atoms with van der Waals surface area (Å²) in [6, 6.07) is 8.49. The molecule has 2 aliphatic heterocycles. The van der Waals surface area contributed by atoms with Crippen LogP contribution in [0, 0.1) is 11.3 Å². The molecule has 2 fully saturated rings. The van der Waals surface area contributed by atoms with E-state index in [1.807, 2.05) is 12.1 Å². The van der Waals surface area contributed by atoms with Gasteiger partial charge in [-0.2, -0.15) is 5.26 Å². The van der Waals surface area contributed by atoms with E-state index in [-0.39, 0.29) is 6.10 Å². The zero-order valence-corrected chi connectivity index (χ0v) is 10.2. The van der Waals surface area contributed by atoms with Crippen molar-refractivity contribution < 1.29 is 5.11 Å². The Balaban J connectivity index is 1.99. The van der Waals surface area contributed by atoms with Crippen LogP contribution < -0.4 is 10.6 Å². The Labute approximate surface area is 107 Å². The van der Waals surface area contributed by atoms with Gasteiger partial charge in [0.05, 0.1) is 23.0 Å². The lowest BCUT2D eigenvalue weighted by Gasteiger charge is -2.39. The molecule has 18 heavy (non-hydrogen) atoms. The predicted octanol–water partition coefficient (Wildman–Crippen LogP) is 1.63. The molecular weight excluding hydrogens is 226 g/mol. The Kier molecular flexibility index (Phi) is 2.64. The lowest BCUT2D eigenvalue weighted by molar-refractivity contribution is 0.126. The number of aliphatic hydroxyl groups excluding tert-OH is 1. The number of anilines is 2. The Morgan fingerprint density at radius 2 is 1.94 bits per heavy atom. The highest BCUT2D eigenvalue weighted by Gasteiger charge is 2.40. The third-order valence-corrected chi connectivity index (χ3v) is 4.19. The minimum Gasteiger partial charge on any atom is -0.396 e. The number of nitriles is 1. The molecule has 2 atom stereocenters. The molecule has 3 rings (SSSR count). The fraction of sp³-hybridized carbons (Fsp3) is 0.500. The highest BCUT2D eigenvalue weighted by atomic mass is 16.3. The summed E-state index contributed by atoms with van der Waals surface area (Å²) < 4.78 is 0. The van der Waals surface area contributed by atoms with Gasteiger partial charge in [-0.1, -0.05) is 6.07 Å². The van der Waals surface area contributed by atoms with E-state index in [4.69, 9.17) is 11.0 Å². The highest BCUT2D eigenvalue weighted by Crippen LogP contribution is 2.41. The summed E-state index contributed by atoms with van der Waals surface area (Å²) in [5, 5.41) is 18.9. The maximum atomic E-state index is 9.81. The van der Waals surface area contributed by atoms with E-state index in [2.05, 4.69) is 11.0 Å². The Bertz CT molecular complexity index is 494. The van der Waals surface area contributed by atoms with Crippen LogP contribution in [0.5, 0.6) is 0 Å². The number of para-hydroxylation sites is 1. The number of rotatable bonds is 1. The largest absolute Gasteiger partial charge is 0.396 e. The number of fused-ring (bicyclic) bond motifs is 2. The molecule has 2 unspecified atom stereocenters. The quantitative estimate of drug-likeness (QED) is 0.735. The number of nitrogen functional groups attached to an aromatic ring is 1. The molecule has 3 N–H and O–H groups in total. The van der Waals surface area contributed by atoms with Gasteiger partial charge in [0.15, 0.2) is 0 Å². The summed E-state index contributed by atoms with van der Waals surface area (Å²) >= 11 is 0. The van der Waals surface area contributed by atoms with Crippen LogP contribution in [-0.2, 0) is 0 Å². The molecule has 1 aromatic carbocycles. The minimum absolute atomic E-state index is 0.181. The number of nitrogens with zero attached hydrogens (tertiary/aromatic N) is 2. The molecule has 94 valence electrons. The smallest absolute Gasteiger partial charge is 0.101 e. The van der Waals surface area contributed by atoms with Gasteiger partial charge in [0.25, 0.3) is 0 Å². The molecule has 2 aliphatic rings. The molecule has 0 amide bonds. The molecule has 4 heteroatoms. The third kappa shape index (κ3) is 1.63. The summed E-state index contributed by atoms with van der Waals surface area (Å²) in [4.78, 5) is 2.32. The molecule has 0 spiro atoms. The van der Waals surface area contributed by atoms with Gasteiger partial charge in [-0.05, 0) is 37.8 Å². The maximum absolute atomic E-state index is 9.81. The van der Waals surface area contributed by atoms with Gasteiger partial charge in [-0.15, -0.1) is 0 Å². The molecule has 0 radical (unpaired) electrons. The van der Waals surface area contributed by atoms with Crippen LogP contribution in [0.2, 0.25) is 0 Å². The van der Waals surface area contributed by atoms with Crippen LogP contribution in [0.25, 0.3) is 0 Å². The van der Waals surface area contributed by atoms with Crippen LogP contribution in [0.1, 0.15) is 31.2 Å². The van der Waals surface area contributed by atoms with Crippen LogP contribution in [0.15, 0.2) is 18.2 Å². The standard InChI is InChI=1S/C14H17N3O/c15-8-9-2-1-3-13(14(9)16)17-10-4-5-11(17)7-12(18)6-10/h1-3,10-12,18H,4-7,16H2. The first kappa shape index (κ1) is 11.4. The van der Waals surface area contributed by atoms with Crippen molar-refractivity contribution in [3.63, 3.8) is 0 Å². The van der Waals surface area contributed by atoms with E-state index in [1.165, 1.54) is 0 Å². The Morgan fingerprint density at radius 1 is 1.28 bits per heavy atom. The van der Waals surface area contributed by atoms with Crippen molar-refractivity contribution in [2.75, 3.05) is 10.6 Å². The van der Waals surface area contributed by atoms with E-state index in [0.29, 0.717) is 23.3 Å². The van der Waals surface area contributed by atoms with Gasteiger partial charge in [0, 0.05) is 12.1 Å². The molecule has 0 aliphatic carbocycles. The summed E-state index contributed by atoms with van der Waals surface area (Å²) in [7, 11) is 0. The van der Waals surface area contributed by atoms with Crippen LogP contribution >= 0.6 is 0 Å². The van der Waals surface area contributed by atoms with E-state index < -0.39 is 0 Å². The minimum atomic E-state index is -0.181. The number of piperidine rings is 1. The van der Waals surface area contributed by atoms with E-state index in [1.54, 1.807) is 6.07 Å². The summed E-state index contributed by atoms with van der Waals surface area (Å²) in [5.74, 6) is 0. The van der Waals surface area contributed by atoms with Crippen molar-refractivity contribution in [1.29, 1.82) is 5.26 Å². The van der Waals surface area contributed by atoms with Gasteiger partial charge >= 0.3 is 0 Å². The van der Waals surface area contributed by atoms with Crippen molar-refractivity contribution in [3.05, 3.63) is 23.8 Å². The zero-order chi connectivity index (χ0) is 12.7. The molecule has 2 bridgehead atoms. The number of aliphatic hydroxyl groups is 1. The van der Waals surface area contributed by atoms with Gasteiger partial charge < -0.3 is 15.7 Å². The maximum Gasteiger partial charge on any atom is 0.101 e. The van der Waals surface area contributed by atoms with Crippen LogP contribution in [-0.4, -0.2) is 23.3 Å². The Hall–Kier alpha value is -1.73. The normalized spacial score (nSPS) is 30.2. The monoisotopic (exact) mass is 243 g/mol. The van der Waals surface area contributed by atoms with Crippen LogP contribution in [0.3, 0.4) is 0 Å². The molecule has 1 aromatic rings. The van der Waals surface area contributed by atoms with Crippen molar-refractivity contribution >= 4 is 11.4 Å². The highest BCUT2D eigenvalue weighted by molar-refractivity contribution is 5.75. The van der Waals surface area contributed by atoms with Crippen molar-refractivity contribution in [2.45, 2.75) is 43.9 Å². The lowest BCUT2D eigenvalue weighted by Crippen LogP contribution is -2.45. The first-order valence-corrected chi connectivity index (χ1v) is 6.45. The average molecular weight is 243 g/mol. The van der Waals surface area contributed by atoms with Gasteiger partial charge in [0.1, 0.15) is 6.07 Å². The van der Waals surface area contributed by atoms with E-state index >= 15 is 0 Å². The molecule has 4 nitrogen and oxygen atoms in total. The fourth-order valence-corrected chi connectivity index (χ4v) is 3.42. The third-order valence-electron chi connectivity index (χ3n) is 4.19. The summed E-state index contributed by atoms with van der Waals surface area (Å²) in [6.07, 6.45) is 3.66. The lowest BCUT2D eigenvalue weighted by atomic mass is 9.98. The van der Waals surface area contributed by atoms with Crippen LogP contribution in [0.4, 0.5) is 11.4 Å². The second kappa shape index (κ2) is 4.18. The fourth-order valence-electron chi connectivity index (χ4n) is 3.42. The molecule has 2 saturated heterocycles. The number of nitrogens with two attached hydrogens (primary N) is 1. The second-order valence-corrected chi connectivity index (χ2v) is 5.27. The summed E-state index contributed by atoms with van der Waals surface area (Å²) in [5.41, 5.74) is 8.17. The van der Waals surface area contributed by atoms with Crippen molar-refractivity contribution in [2.24, 2.45) is 0 Å². The van der Waals surface area contributed by atoms with Gasteiger partial charge in [-0.25, -0.2) is 0 Å². The zero-order valence-electron chi connectivity index (χ0n) is 10.2. The molecule has 0 aromatic heterocycles. The van der Waals surface area contributed by atoms with E-state index in [0.717, 1.165) is 31.4 Å². The van der Waals surface area contributed by atoms with Gasteiger partial charge in [-0.3, -0.25) is 0 Å². The first-order chi connectivity index (χ1) is 8.70. The van der Waals surface area contributed by atoms with Gasteiger partial charge in [0.2, 0.25) is 0 Å². The number of benzene rings is 1. The Morgan fingerprint density at radius 3 is 2.56 bits per heavy atom. The van der Waals surface area contributed by atoms with Crippen molar-refractivity contribution in [3.8, 4) is 6.07 Å². The molecule has 0 saturated carbocycles. The SMILES string of the molecule is N#Cc1cccc(N2C3CCC2CC(O)C3)c1N. The topological polar surface area (TPSA) is 73.3 Å². The average Bonchev–Trinajstić information content (AvgIpc) is 2.62.